The fourth-order valence-corrected chi connectivity index (χ4v) is 1.46. The van der Waals surface area contributed by atoms with Crippen molar-refractivity contribution in [1.29, 1.82) is 0 Å². The molecule has 6 heteroatoms. The molecule has 0 aliphatic carbocycles. The standard InChI is InChI=1S/C13H20N2O4/c1-17-5-4-14-9-13(16)15-10-6-11(18-2)8-12(7-10)19-3/h6-8,14H,4-5,9H2,1-3H3,(H,15,16). The Kier molecular flexibility index (Phi) is 6.70. The molecule has 0 unspecified atom stereocenters. The Bertz CT molecular complexity index is 387. The number of ether oxygens (including phenoxy) is 3. The second-order valence-electron chi connectivity index (χ2n) is 3.82. The van der Waals surface area contributed by atoms with E-state index in [9.17, 15) is 4.79 Å². The lowest BCUT2D eigenvalue weighted by molar-refractivity contribution is -0.115. The number of benzene rings is 1. The minimum absolute atomic E-state index is 0.133. The molecule has 0 spiro atoms. The molecule has 0 saturated heterocycles. The van der Waals surface area contributed by atoms with Crippen LogP contribution in [-0.2, 0) is 9.53 Å². The molecule has 0 radical (unpaired) electrons. The zero-order valence-electron chi connectivity index (χ0n) is 11.5. The van der Waals surface area contributed by atoms with Crippen LogP contribution in [0.2, 0.25) is 0 Å². The number of amides is 1. The van der Waals surface area contributed by atoms with Crippen molar-refractivity contribution in [2.45, 2.75) is 0 Å². The number of nitrogens with one attached hydrogen (secondary N) is 2. The zero-order valence-corrected chi connectivity index (χ0v) is 11.5. The Morgan fingerprint density at radius 1 is 1.11 bits per heavy atom. The van der Waals surface area contributed by atoms with Gasteiger partial charge in [-0.25, -0.2) is 0 Å². The molecule has 1 rings (SSSR count). The SMILES string of the molecule is COCCNCC(=O)Nc1cc(OC)cc(OC)c1. The predicted molar refractivity (Wildman–Crippen MR) is 72.9 cm³/mol. The normalized spacial score (nSPS) is 10.1. The quantitative estimate of drug-likeness (QED) is 0.685. The van der Waals surface area contributed by atoms with Crippen molar-refractivity contribution >= 4 is 11.6 Å². The van der Waals surface area contributed by atoms with Gasteiger partial charge in [0.1, 0.15) is 11.5 Å². The molecule has 106 valence electrons. The van der Waals surface area contributed by atoms with E-state index in [2.05, 4.69) is 10.6 Å². The summed E-state index contributed by atoms with van der Waals surface area (Å²) in [6.45, 7) is 1.43. The molecule has 0 heterocycles. The maximum absolute atomic E-state index is 11.7. The van der Waals surface area contributed by atoms with Crippen LogP contribution in [0.4, 0.5) is 5.69 Å². The van der Waals surface area contributed by atoms with E-state index in [1.165, 1.54) is 0 Å². The Balaban J connectivity index is 2.53. The van der Waals surface area contributed by atoms with Gasteiger partial charge in [0, 0.05) is 37.5 Å². The van der Waals surface area contributed by atoms with Gasteiger partial charge in [0.2, 0.25) is 5.91 Å². The van der Waals surface area contributed by atoms with Crippen molar-refractivity contribution in [3.05, 3.63) is 18.2 Å². The molecule has 1 aromatic rings. The van der Waals surface area contributed by atoms with Crippen LogP contribution in [0.3, 0.4) is 0 Å². The minimum atomic E-state index is -0.133. The van der Waals surface area contributed by atoms with Crippen LogP contribution in [-0.4, -0.2) is 46.9 Å². The predicted octanol–water partition coefficient (Wildman–Crippen LogP) is 0.878. The Hall–Kier alpha value is -1.79. The van der Waals surface area contributed by atoms with Crippen LogP contribution < -0.4 is 20.1 Å². The van der Waals surface area contributed by atoms with Crippen LogP contribution in [0.1, 0.15) is 0 Å². The molecule has 0 aliphatic rings. The van der Waals surface area contributed by atoms with E-state index in [4.69, 9.17) is 14.2 Å². The Morgan fingerprint density at radius 3 is 2.26 bits per heavy atom. The van der Waals surface area contributed by atoms with E-state index in [1.54, 1.807) is 39.5 Å². The van der Waals surface area contributed by atoms with Gasteiger partial charge in [-0.1, -0.05) is 0 Å². The molecule has 0 atom stereocenters. The summed E-state index contributed by atoms with van der Waals surface area (Å²) in [4.78, 5) is 11.7. The van der Waals surface area contributed by atoms with Gasteiger partial charge in [0.25, 0.3) is 0 Å². The summed E-state index contributed by atoms with van der Waals surface area (Å²) >= 11 is 0. The summed E-state index contributed by atoms with van der Waals surface area (Å²) in [5.74, 6) is 1.12. The number of carbonyl (C=O) groups is 1. The highest BCUT2D eigenvalue weighted by molar-refractivity contribution is 5.92. The third kappa shape index (κ3) is 5.58. The van der Waals surface area contributed by atoms with Gasteiger partial charge in [0.15, 0.2) is 0 Å². The van der Waals surface area contributed by atoms with Gasteiger partial charge in [-0.05, 0) is 0 Å². The topological polar surface area (TPSA) is 68.8 Å². The van der Waals surface area contributed by atoms with Crippen LogP contribution in [0.25, 0.3) is 0 Å². The molecule has 1 amide bonds. The van der Waals surface area contributed by atoms with E-state index in [-0.39, 0.29) is 12.5 Å². The summed E-state index contributed by atoms with van der Waals surface area (Å²) < 4.78 is 15.1. The second kappa shape index (κ2) is 8.34. The third-order valence-corrected chi connectivity index (χ3v) is 2.40. The lowest BCUT2D eigenvalue weighted by Gasteiger charge is -2.10. The van der Waals surface area contributed by atoms with Crippen LogP contribution in [0.5, 0.6) is 11.5 Å². The van der Waals surface area contributed by atoms with Gasteiger partial charge in [-0.3, -0.25) is 4.79 Å². The summed E-state index contributed by atoms with van der Waals surface area (Å²) in [7, 11) is 4.74. The first-order valence-electron chi connectivity index (χ1n) is 5.92. The van der Waals surface area contributed by atoms with Crippen LogP contribution >= 0.6 is 0 Å². The first-order valence-corrected chi connectivity index (χ1v) is 5.92. The fraction of sp³-hybridized carbons (Fsp3) is 0.462. The number of carbonyl (C=O) groups excluding carboxylic acids is 1. The molecule has 0 saturated carbocycles. The average molecular weight is 268 g/mol. The largest absolute Gasteiger partial charge is 0.497 e. The van der Waals surface area contributed by atoms with Crippen molar-refractivity contribution in [2.75, 3.05) is 46.3 Å². The minimum Gasteiger partial charge on any atom is -0.497 e. The molecule has 19 heavy (non-hydrogen) atoms. The number of methoxy groups -OCH3 is 3. The third-order valence-electron chi connectivity index (χ3n) is 2.40. The monoisotopic (exact) mass is 268 g/mol. The lowest BCUT2D eigenvalue weighted by atomic mass is 10.2. The molecule has 1 aromatic carbocycles. The summed E-state index contributed by atoms with van der Waals surface area (Å²) in [5, 5.41) is 5.73. The second-order valence-corrected chi connectivity index (χ2v) is 3.82. The van der Waals surface area contributed by atoms with Gasteiger partial charge in [0.05, 0.1) is 27.4 Å². The maximum atomic E-state index is 11.7. The first-order chi connectivity index (χ1) is 9.19. The molecule has 6 nitrogen and oxygen atoms in total. The van der Waals surface area contributed by atoms with Crippen molar-refractivity contribution in [3.63, 3.8) is 0 Å². The first kappa shape index (κ1) is 15.3. The summed E-state index contributed by atoms with van der Waals surface area (Å²) in [5.41, 5.74) is 0.634. The van der Waals surface area contributed by atoms with E-state index < -0.39 is 0 Å². The highest BCUT2D eigenvalue weighted by Crippen LogP contribution is 2.25. The fourth-order valence-electron chi connectivity index (χ4n) is 1.46. The number of hydrogen-bond donors (Lipinski definition) is 2. The van der Waals surface area contributed by atoms with Crippen molar-refractivity contribution in [2.24, 2.45) is 0 Å². The Labute approximate surface area is 113 Å². The molecule has 0 bridgehead atoms. The molecule has 0 fully saturated rings. The Morgan fingerprint density at radius 2 is 1.74 bits per heavy atom. The number of rotatable bonds is 8. The molecular weight excluding hydrogens is 248 g/mol. The van der Waals surface area contributed by atoms with E-state index in [0.717, 1.165) is 0 Å². The summed E-state index contributed by atoms with van der Waals surface area (Å²) in [6, 6.07) is 5.21. The van der Waals surface area contributed by atoms with Crippen LogP contribution in [0.15, 0.2) is 18.2 Å². The molecule has 2 N–H and O–H groups in total. The summed E-state index contributed by atoms with van der Waals surface area (Å²) in [6.07, 6.45) is 0. The molecular formula is C13H20N2O4. The lowest BCUT2D eigenvalue weighted by Crippen LogP contribution is -2.30. The zero-order chi connectivity index (χ0) is 14.1. The van der Waals surface area contributed by atoms with Gasteiger partial charge in [-0.2, -0.15) is 0 Å². The van der Waals surface area contributed by atoms with Gasteiger partial charge < -0.3 is 24.8 Å². The number of hydrogen-bond acceptors (Lipinski definition) is 5. The highest BCUT2D eigenvalue weighted by Gasteiger charge is 2.05. The van der Waals surface area contributed by atoms with E-state index in [1.807, 2.05) is 0 Å². The average Bonchev–Trinajstić information content (AvgIpc) is 2.43. The maximum Gasteiger partial charge on any atom is 0.238 e. The molecule has 0 aromatic heterocycles. The molecule has 0 aliphatic heterocycles. The smallest absolute Gasteiger partial charge is 0.238 e. The van der Waals surface area contributed by atoms with Crippen molar-refractivity contribution < 1.29 is 19.0 Å². The van der Waals surface area contributed by atoms with Gasteiger partial charge in [-0.15, -0.1) is 0 Å². The van der Waals surface area contributed by atoms with E-state index >= 15 is 0 Å². The van der Waals surface area contributed by atoms with Crippen LogP contribution in [0, 0.1) is 0 Å². The van der Waals surface area contributed by atoms with Crippen molar-refractivity contribution in [1.82, 2.24) is 5.32 Å². The number of anilines is 1. The highest BCUT2D eigenvalue weighted by atomic mass is 16.5. The van der Waals surface area contributed by atoms with E-state index in [0.29, 0.717) is 30.3 Å². The van der Waals surface area contributed by atoms with Crippen molar-refractivity contribution in [3.8, 4) is 11.5 Å². The van der Waals surface area contributed by atoms with Gasteiger partial charge >= 0.3 is 0 Å².